The highest BCUT2D eigenvalue weighted by Gasteiger charge is 2.09. The van der Waals surface area contributed by atoms with Crippen molar-refractivity contribution in [1.82, 2.24) is 5.32 Å². The number of nitrogens with one attached hydrogen (secondary N) is 2. The van der Waals surface area contributed by atoms with Gasteiger partial charge in [-0.25, -0.2) is 17.6 Å². The van der Waals surface area contributed by atoms with Crippen molar-refractivity contribution >= 4 is 26.7 Å². The van der Waals surface area contributed by atoms with Crippen molar-refractivity contribution in [2.75, 3.05) is 6.54 Å². The zero-order chi connectivity index (χ0) is 14.4. The van der Waals surface area contributed by atoms with Crippen molar-refractivity contribution in [1.29, 1.82) is 5.41 Å². The monoisotopic (exact) mass is 341 g/mol. The Bertz CT molecular complexity index is 475. The Kier molecular flexibility index (Phi) is 5.74. The molecule has 9 heteroatoms. The van der Waals surface area contributed by atoms with E-state index < -0.39 is 35.4 Å². The van der Waals surface area contributed by atoms with E-state index in [2.05, 4.69) is 26.2 Å². The number of halogens is 5. The fraction of sp³-hybridized carbons (Fsp3) is 0.200. The van der Waals surface area contributed by atoms with Crippen LogP contribution in [0.4, 0.5) is 17.6 Å². The van der Waals surface area contributed by atoms with Crippen LogP contribution >= 0.6 is 15.9 Å². The average Bonchev–Trinajstić information content (AvgIpc) is 2.23. The topological polar surface area (TPSA) is 57.5 Å². The zero-order valence-corrected chi connectivity index (χ0v) is 10.8. The molecule has 0 aliphatic carbocycles. The molecule has 2 N–H and O–H groups in total. The van der Waals surface area contributed by atoms with Gasteiger partial charge >= 0.3 is 0 Å². The fourth-order valence-corrected chi connectivity index (χ4v) is 1.21. The number of hydrogen-bond acceptors (Lipinski definition) is 2. The molecule has 0 radical (unpaired) electrons. The third-order valence-corrected chi connectivity index (χ3v) is 1.84. The molecule has 0 bridgehead atoms. The van der Waals surface area contributed by atoms with E-state index in [1.165, 1.54) is 0 Å². The van der Waals surface area contributed by atoms with Gasteiger partial charge in [0.15, 0.2) is 4.74 Å². The number of benzene rings is 1. The van der Waals surface area contributed by atoms with E-state index in [1.807, 2.05) is 0 Å². The molecule has 0 heterocycles. The molecule has 0 atom stereocenters. The van der Waals surface area contributed by atoms with E-state index in [-0.39, 0.29) is 5.75 Å². The van der Waals surface area contributed by atoms with Gasteiger partial charge in [0.25, 0.3) is 12.4 Å². The summed E-state index contributed by atoms with van der Waals surface area (Å²) in [7, 11) is 0. The van der Waals surface area contributed by atoms with Crippen LogP contribution in [0.25, 0.3) is 0 Å². The maximum absolute atomic E-state index is 12.9. The van der Waals surface area contributed by atoms with Gasteiger partial charge in [0.2, 0.25) is 0 Å². The average molecular weight is 342 g/mol. The van der Waals surface area contributed by atoms with Crippen LogP contribution in [0.15, 0.2) is 23.2 Å². The normalized spacial score (nSPS) is 11.6. The number of ether oxygens (including phenoxy) is 1. The molecule has 0 aliphatic rings. The summed E-state index contributed by atoms with van der Waals surface area (Å²) in [6.45, 7) is -0.781. The van der Waals surface area contributed by atoms with Gasteiger partial charge in [0.1, 0.15) is 17.4 Å². The van der Waals surface area contributed by atoms with Crippen LogP contribution in [0.1, 0.15) is 0 Å². The van der Waals surface area contributed by atoms with Crippen molar-refractivity contribution in [3.63, 3.8) is 0 Å². The lowest BCUT2D eigenvalue weighted by atomic mass is 10.3. The Labute approximate surface area is 114 Å². The third kappa shape index (κ3) is 6.18. The van der Waals surface area contributed by atoms with E-state index in [0.29, 0.717) is 6.07 Å². The summed E-state index contributed by atoms with van der Waals surface area (Å²) < 4.78 is 54.4. The summed E-state index contributed by atoms with van der Waals surface area (Å²) in [5.74, 6) is -2.05. The van der Waals surface area contributed by atoms with Crippen LogP contribution in [0.2, 0.25) is 0 Å². The molecular formula is C10H8BrF4N3O. The van der Waals surface area contributed by atoms with Gasteiger partial charge in [-0.3, -0.25) is 5.41 Å². The Balaban J connectivity index is 2.84. The second-order valence-electron chi connectivity index (χ2n) is 3.19. The molecule has 1 aromatic carbocycles. The lowest BCUT2D eigenvalue weighted by molar-refractivity contribution is 0.150. The second kappa shape index (κ2) is 7.07. The SMILES string of the molecule is N=C(Br)/N=C(\NCC(F)F)Oc1cc(F)cc(F)c1. The number of alkyl halides is 2. The smallest absolute Gasteiger partial charge is 0.297 e. The van der Waals surface area contributed by atoms with Crippen molar-refractivity contribution < 1.29 is 22.3 Å². The molecule has 0 spiro atoms. The van der Waals surface area contributed by atoms with Crippen molar-refractivity contribution in [3.8, 4) is 5.75 Å². The standard InChI is InChI=1S/C10H8BrF4N3O/c11-9(16)18-10(17-4-8(14)15)19-7-2-5(12)1-6(13)3-7/h1-3,8H,4H2,(H2,16,17,18). The molecule has 0 saturated carbocycles. The summed E-state index contributed by atoms with van der Waals surface area (Å²) in [5.41, 5.74) is 0. The van der Waals surface area contributed by atoms with Crippen LogP contribution in [-0.2, 0) is 0 Å². The molecular weight excluding hydrogens is 334 g/mol. The number of hydrogen-bond donors (Lipinski definition) is 2. The van der Waals surface area contributed by atoms with Gasteiger partial charge in [-0.2, -0.15) is 4.99 Å². The molecule has 104 valence electrons. The number of rotatable bonds is 3. The molecule has 1 rings (SSSR count). The van der Waals surface area contributed by atoms with Gasteiger partial charge in [0, 0.05) is 18.2 Å². The summed E-state index contributed by atoms with van der Waals surface area (Å²) in [6, 6.07) is 1.84. The largest absolute Gasteiger partial charge is 0.426 e. The molecule has 0 saturated heterocycles. The number of amidine groups is 2. The van der Waals surface area contributed by atoms with Crippen molar-refractivity contribution in [3.05, 3.63) is 29.8 Å². The lowest BCUT2D eigenvalue weighted by Crippen LogP contribution is -2.33. The molecule has 4 nitrogen and oxygen atoms in total. The van der Waals surface area contributed by atoms with E-state index in [9.17, 15) is 17.6 Å². The quantitative estimate of drug-likeness (QED) is 0.384. The highest BCUT2D eigenvalue weighted by molar-refractivity contribution is 9.18. The van der Waals surface area contributed by atoms with Crippen molar-refractivity contribution in [2.24, 2.45) is 4.99 Å². The molecule has 0 unspecified atom stereocenters. The summed E-state index contributed by atoms with van der Waals surface area (Å²) in [5, 5.41) is 9.13. The molecule has 1 aromatic rings. The van der Waals surface area contributed by atoms with Gasteiger partial charge < -0.3 is 10.1 Å². The Morgan fingerprint density at radius 1 is 1.32 bits per heavy atom. The first-order chi connectivity index (χ1) is 8.86. The molecule has 0 amide bonds. The first-order valence-corrected chi connectivity index (χ1v) is 5.65. The van der Waals surface area contributed by atoms with Gasteiger partial charge in [-0.15, -0.1) is 0 Å². The Morgan fingerprint density at radius 2 is 1.89 bits per heavy atom. The van der Waals surface area contributed by atoms with Gasteiger partial charge in [0.05, 0.1) is 6.54 Å². The van der Waals surface area contributed by atoms with Crippen LogP contribution < -0.4 is 10.1 Å². The first kappa shape index (κ1) is 15.4. The minimum atomic E-state index is -2.68. The molecule has 0 aromatic heterocycles. The van der Waals surface area contributed by atoms with E-state index in [0.717, 1.165) is 12.1 Å². The van der Waals surface area contributed by atoms with Crippen LogP contribution in [0.3, 0.4) is 0 Å². The third-order valence-electron chi connectivity index (χ3n) is 1.66. The minimum Gasteiger partial charge on any atom is -0.426 e. The Hall–Kier alpha value is -1.64. The predicted molar refractivity (Wildman–Crippen MR) is 65.1 cm³/mol. The van der Waals surface area contributed by atoms with Crippen LogP contribution in [0, 0.1) is 17.0 Å². The predicted octanol–water partition coefficient (Wildman–Crippen LogP) is 2.88. The Morgan fingerprint density at radius 3 is 2.37 bits per heavy atom. The fourth-order valence-electron chi connectivity index (χ4n) is 1.05. The lowest BCUT2D eigenvalue weighted by Gasteiger charge is -2.10. The number of nitrogens with zero attached hydrogens (tertiary/aromatic N) is 1. The van der Waals surface area contributed by atoms with Gasteiger partial charge in [-0.1, -0.05) is 0 Å². The van der Waals surface area contributed by atoms with Gasteiger partial charge in [-0.05, 0) is 15.9 Å². The maximum atomic E-state index is 12.9. The zero-order valence-electron chi connectivity index (χ0n) is 9.26. The maximum Gasteiger partial charge on any atom is 0.297 e. The molecule has 19 heavy (non-hydrogen) atoms. The highest BCUT2D eigenvalue weighted by Crippen LogP contribution is 2.15. The van der Waals surface area contributed by atoms with Crippen molar-refractivity contribution in [2.45, 2.75) is 6.43 Å². The van der Waals surface area contributed by atoms with Crippen LogP contribution in [0.5, 0.6) is 5.75 Å². The summed E-state index contributed by atoms with van der Waals surface area (Å²) >= 11 is 2.66. The minimum absolute atomic E-state index is 0.272. The van der Waals surface area contributed by atoms with E-state index in [1.54, 1.807) is 0 Å². The second-order valence-corrected chi connectivity index (χ2v) is 3.94. The molecule has 0 aliphatic heterocycles. The number of aliphatic imine (C=N–C) groups is 1. The van der Waals surface area contributed by atoms with Crippen LogP contribution in [-0.4, -0.2) is 23.7 Å². The highest BCUT2D eigenvalue weighted by atomic mass is 79.9. The first-order valence-electron chi connectivity index (χ1n) is 4.85. The van der Waals surface area contributed by atoms with E-state index in [4.69, 9.17) is 10.1 Å². The molecule has 0 fully saturated rings. The summed E-state index contributed by atoms with van der Waals surface area (Å²) in [4.78, 5) is 3.41. The van der Waals surface area contributed by atoms with E-state index >= 15 is 0 Å². The summed E-state index contributed by atoms with van der Waals surface area (Å²) in [6.07, 6.45) is -2.68.